The van der Waals surface area contributed by atoms with E-state index in [2.05, 4.69) is 45.5 Å². The van der Waals surface area contributed by atoms with E-state index >= 15 is 0 Å². The van der Waals surface area contributed by atoms with Crippen molar-refractivity contribution in [3.05, 3.63) is 75.5 Å². The molecule has 1 saturated carbocycles. The van der Waals surface area contributed by atoms with Crippen LogP contribution in [0.1, 0.15) is 60.5 Å². The maximum absolute atomic E-state index is 12.9. The molecule has 0 bridgehead atoms. The van der Waals surface area contributed by atoms with E-state index in [0.717, 1.165) is 52.8 Å². The molecule has 0 aliphatic heterocycles. The number of halogens is 1. The third-order valence-electron chi connectivity index (χ3n) is 6.43. The Labute approximate surface area is 191 Å². The Morgan fingerprint density at radius 1 is 0.968 bits per heavy atom. The third kappa shape index (κ3) is 4.42. The average Bonchev–Trinajstić information content (AvgIpc) is 2.80. The van der Waals surface area contributed by atoms with Crippen molar-refractivity contribution in [2.75, 3.05) is 5.32 Å². The van der Waals surface area contributed by atoms with Crippen molar-refractivity contribution in [1.82, 2.24) is 9.97 Å². The summed E-state index contributed by atoms with van der Waals surface area (Å²) in [6, 6.07) is 16.4. The lowest BCUT2D eigenvalue weighted by Gasteiger charge is -2.26. The summed E-state index contributed by atoms with van der Waals surface area (Å²) < 4.78 is 1.01. The van der Waals surface area contributed by atoms with Gasteiger partial charge in [-0.3, -0.25) is 4.79 Å². The fourth-order valence-corrected chi connectivity index (χ4v) is 5.08. The number of carbonyl (C=O) groups is 1. The van der Waals surface area contributed by atoms with Gasteiger partial charge in [-0.2, -0.15) is 0 Å². The minimum absolute atomic E-state index is 0.0372. The second kappa shape index (κ2) is 8.91. The summed E-state index contributed by atoms with van der Waals surface area (Å²) in [5, 5.41) is 3.12. The fraction of sp³-hybridized carbons (Fsp3) is 0.346. The predicted octanol–water partition coefficient (Wildman–Crippen LogP) is 6.23. The molecule has 2 aromatic carbocycles. The molecule has 1 fully saturated rings. The third-order valence-corrected chi connectivity index (χ3v) is 6.95. The summed E-state index contributed by atoms with van der Waals surface area (Å²) in [7, 11) is 0. The number of benzene rings is 2. The van der Waals surface area contributed by atoms with E-state index in [9.17, 15) is 4.79 Å². The molecule has 0 unspecified atom stereocenters. The molecule has 3 aromatic rings. The number of hydrogen-bond donors (Lipinski definition) is 1. The van der Waals surface area contributed by atoms with E-state index in [-0.39, 0.29) is 5.91 Å². The Kier molecular flexibility index (Phi) is 5.86. The van der Waals surface area contributed by atoms with Crippen LogP contribution in [0.4, 0.5) is 5.82 Å². The Morgan fingerprint density at radius 3 is 2.55 bits per heavy atom. The minimum atomic E-state index is -0.0372. The molecule has 31 heavy (non-hydrogen) atoms. The van der Waals surface area contributed by atoms with Gasteiger partial charge in [-0.25, -0.2) is 9.97 Å². The van der Waals surface area contributed by atoms with Gasteiger partial charge in [0.25, 0.3) is 0 Å². The fourth-order valence-electron chi connectivity index (χ4n) is 4.81. The molecule has 0 spiro atoms. The average molecular weight is 476 g/mol. The summed E-state index contributed by atoms with van der Waals surface area (Å²) in [5.74, 6) is 1.00. The van der Waals surface area contributed by atoms with Crippen molar-refractivity contribution < 1.29 is 4.79 Å². The van der Waals surface area contributed by atoms with Crippen LogP contribution in [-0.4, -0.2) is 15.9 Å². The number of aromatic nitrogens is 2. The molecule has 1 aromatic heterocycles. The molecule has 158 valence electrons. The van der Waals surface area contributed by atoms with Crippen LogP contribution >= 0.6 is 15.9 Å². The van der Waals surface area contributed by atoms with E-state index < -0.39 is 0 Å². The lowest BCUT2D eigenvalue weighted by atomic mass is 9.85. The van der Waals surface area contributed by atoms with Gasteiger partial charge in [0.2, 0.25) is 5.91 Å². The first-order chi connectivity index (χ1) is 15.2. The highest BCUT2D eigenvalue weighted by molar-refractivity contribution is 9.10. The molecule has 5 heteroatoms. The number of hydrogen-bond acceptors (Lipinski definition) is 3. The van der Waals surface area contributed by atoms with Gasteiger partial charge >= 0.3 is 0 Å². The second-order valence-electron chi connectivity index (χ2n) is 8.60. The SMILES string of the molecule is O=C(Cc1ccc(Br)cc1)Nc1nc2c(nc1C1CCCCC1)-c1ccccc1CC2. The van der Waals surface area contributed by atoms with Crippen molar-refractivity contribution >= 4 is 27.7 Å². The number of amides is 1. The highest BCUT2D eigenvalue weighted by atomic mass is 79.9. The number of carbonyl (C=O) groups excluding carboxylic acids is 1. The molecular formula is C26H26BrN3O. The molecule has 2 aliphatic rings. The Hall–Kier alpha value is -2.53. The number of nitrogens with one attached hydrogen (secondary N) is 1. The summed E-state index contributed by atoms with van der Waals surface area (Å²) in [4.78, 5) is 23.0. The van der Waals surface area contributed by atoms with E-state index in [1.165, 1.54) is 30.4 Å². The highest BCUT2D eigenvalue weighted by Gasteiger charge is 2.27. The number of rotatable bonds is 4. The van der Waals surface area contributed by atoms with E-state index in [1.807, 2.05) is 24.3 Å². The molecule has 1 N–H and O–H groups in total. The first-order valence-corrected chi connectivity index (χ1v) is 12.0. The van der Waals surface area contributed by atoms with Crippen LogP contribution in [0.25, 0.3) is 11.3 Å². The summed E-state index contributed by atoms with van der Waals surface area (Å²) in [6.07, 6.45) is 8.10. The molecule has 5 rings (SSSR count). The van der Waals surface area contributed by atoms with Gasteiger partial charge in [0, 0.05) is 16.0 Å². The van der Waals surface area contributed by atoms with Gasteiger partial charge in [-0.05, 0) is 48.9 Å². The van der Waals surface area contributed by atoms with Crippen LogP contribution in [0.15, 0.2) is 53.0 Å². The quantitative estimate of drug-likeness (QED) is 0.486. The van der Waals surface area contributed by atoms with Crippen molar-refractivity contribution in [2.45, 2.75) is 57.3 Å². The van der Waals surface area contributed by atoms with Gasteiger partial charge < -0.3 is 5.32 Å². The van der Waals surface area contributed by atoms with Crippen molar-refractivity contribution in [2.24, 2.45) is 0 Å². The Balaban J connectivity index is 1.48. The summed E-state index contributed by atoms with van der Waals surface area (Å²) in [6.45, 7) is 0. The van der Waals surface area contributed by atoms with Crippen LogP contribution in [0.5, 0.6) is 0 Å². The monoisotopic (exact) mass is 475 g/mol. The van der Waals surface area contributed by atoms with Gasteiger partial charge in [0.05, 0.1) is 23.5 Å². The zero-order valence-corrected chi connectivity index (χ0v) is 19.1. The van der Waals surface area contributed by atoms with Crippen LogP contribution < -0.4 is 5.32 Å². The molecule has 4 nitrogen and oxygen atoms in total. The lowest BCUT2D eigenvalue weighted by molar-refractivity contribution is -0.115. The zero-order valence-electron chi connectivity index (χ0n) is 17.5. The Morgan fingerprint density at radius 2 is 1.74 bits per heavy atom. The zero-order chi connectivity index (χ0) is 21.2. The largest absolute Gasteiger partial charge is 0.309 e. The number of aryl methyl sites for hydroxylation is 2. The number of anilines is 1. The maximum atomic E-state index is 12.9. The standard InChI is InChI=1S/C26H26BrN3O/c27-20-13-10-17(11-14-20)16-23(31)29-26-24(19-7-2-1-3-8-19)30-25-21-9-5-4-6-18(21)12-15-22(25)28-26/h4-6,9-11,13-14,19H,1-3,7-8,12,15-16H2,(H,28,29,31). The lowest BCUT2D eigenvalue weighted by Crippen LogP contribution is -2.21. The van der Waals surface area contributed by atoms with Crippen LogP contribution in [0.3, 0.4) is 0 Å². The summed E-state index contributed by atoms with van der Waals surface area (Å²) in [5.41, 5.74) is 6.50. The molecule has 2 aliphatic carbocycles. The van der Waals surface area contributed by atoms with E-state index in [0.29, 0.717) is 18.2 Å². The van der Waals surface area contributed by atoms with E-state index in [1.54, 1.807) is 0 Å². The second-order valence-corrected chi connectivity index (χ2v) is 9.51. The molecular weight excluding hydrogens is 450 g/mol. The first-order valence-electron chi connectivity index (χ1n) is 11.2. The predicted molar refractivity (Wildman–Crippen MR) is 127 cm³/mol. The van der Waals surface area contributed by atoms with Gasteiger partial charge in [0.1, 0.15) is 0 Å². The maximum Gasteiger partial charge on any atom is 0.229 e. The highest BCUT2D eigenvalue weighted by Crippen LogP contribution is 2.38. The molecule has 0 saturated heterocycles. The van der Waals surface area contributed by atoms with Gasteiger partial charge in [-0.15, -0.1) is 0 Å². The van der Waals surface area contributed by atoms with E-state index in [4.69, 9.17) is 9.97 Å². The summed E-state index contributed by atoms with van der Waals surface area (Å²) >= 11 is 3.45. The molecule has 1 heterocycles. The number of fused-ring (bicyclic) bond motifs is 3. The topological polar surface area (TPSA) is 54.9 Å². The van der Waals surface area contributed by atoms with Crippen LogP contribution in [0.2, 0.25) is 0 Å². The Bertz CT molecular complexity index is 1100. The van der Waals surface area contributed by atoms with Gasteiger partial charge in [0.15, 0.2) is 5.82 Å². The molecule has 1 amide bonds. The van der Waals surface area contributed by atoms with Crippen LogP contribution in [-0.2, 0) is 24.1 Å². The first kappa shape index (κ1) is 20.4. The van der Waals surface area contributed by atoms with Crippen molar-refractivity contribution in [1.29, 1.82) is 0 Å². The minimum Gasteiger partial charge on any atom is -0.309 e. The molecule has 0 radical (unpaired) electrons. The smallest absolute Gasteiger partial charge is 0.229 e. The van der Waals surface area contributed by atoms with Gasteiger partial charge in [-0.1, -0.05) is 71.6 Å². The van der Waals surface area contributed by atoms with Crippen molar-refractivity contribution in [3.63, 3.8) is 0 Å². The normalized spacial score (nSPS) is 15.8. The molecule has 0 atom stereocenters. The van der Waals surface area contributed by atoms with Crippen molar-refractivity contribution in [3.8, 4) is 11.3 Å². The van der Waals surface area contributed by atoms with Crippen LogP contribution in [0, 0.1) is 0 Å². The number of nitrogens with zero attached hydrogens (tertiary/aromatic N) is 2.